The van der Waals surface area contributed by atoms with Crippen molar-refractivity contribution < 1.29 is 19.4 Å². The lowest BCUT2D eigenvalue weighted by atomic mass is 9.79. The Morgan fingerprint density at radius 1 is 0.875 bits per heavy atom. The minimum absolute atomic E-state index is 0.202. The summed E-state index contributed by atoms with van der Waals surface area (Å²) in [4.78, 5) is 23.0. The van der Waals surface area contributed by atoms with Crippen LogP contribution < -0.4 is 4.74 Å². The standard InChI is InChI=1S/C20H20O4/c21-19(22)16-8-6-14(7-9-16)15-10-12-18(13-11-15)24-20(23)17-4-2-1-3-5-17/h1-5,10-14,16H,6-9H2,(H,21,22)/t14-,16-. The molecular formula is C20H20O4. The molecule has 2 aromatic carbocycles. The molecule has 1 saturated carbocycles. The van der Waals surface area contributed by atoms with E-state index in [-0.39, 0.29) is 11.9 Å². The first-order valence-corrected chi connectivity index (χ1v) is 8.23. The number of esters is 1. The van der Waals surface area contributed by atoms with Gasteiger partial charge in [0, 0.05) is 0 Å². The van der Waals surface area contributed by atoms with Crippen LogP contribution in [0.1, 0.15) is 47.5 Å². The van der Waals surface area contributed by atoms with Gasteiger partial charge in [0.1, 0.15) is 5.75 Å². The van der Waals surface area contributed by atoms with Crippen LogP contribution in [0.4, 0.5) is 0 Å². The quantitative estimate of drug-likeness (QED) is 0.674. The Balaban J connectivity index is 1.60. The predicted octanol–water partition coefficient (Wildman–Crippen LogP) is 4.26. The van der Waals surface area contributed by atoms with Crippen molar-refractivity contribution in [3.63, 3.8) is 0 Å². The number of carboxylic acid groups (broad SMARTS) is 1. The van der Waals surface area contributed by atoms with Crippen LogP contribution >= 0.6 is 0 Å². The molecule has 124 valence electrons. The van der Waals surface area contributed by atoms with Crippen LogP contribution in [0.3, 0.4) is 0 Å². The third kappa shape index (κ3) is 3.82. The molecule has 0 radical (unpaired) electrons. The van der Waals surface area contributed by atoms with Crippen molar-refractivity contribution in [2.24, 2.45) is 5.92 Å². The predicted molar refractivity (Wildman–Crippen MR) is 90.2 cm³/mol. The fourth-order valence-corrected chi connectivity index (χ4v) is 3.22. The number of hydrogen-bond donors (Lipinski definition) is 1. The molecule has 24 heavy (non-hydrogen) atoms. The van der Waals surface area contributed by atoms with Crippen molar-refractivity contribution in [3.05, 3.63) is 65.7 Å². The molecular weight excluding hydrogens is 304 g/mol. The van der Waals surface area contributed by atoms with E-state index in [1.165, 1.54) is 5.56 Å². The maximum Gasteiger partial charge on any atom is 0.343 e. The third-order valence-electron chi connectivity index (χ3n) is 4.65. The van der Waals surface area contributed by atoms with Gasteiger partial charge in [-0.15, -0.1) is 0 Å². The Hall–Kier alpha value is -2.62. The Morgan fingerprint density at radius 3 is 2.08 bits per heavy atom. The van der Waals surface area contributed by atoms with Crippen molar-refractivity contribution in [1.29, 1.82) is 0 Å². The van der Waals surface area contributed by atoms with Gasteiger partial charge in [0.25, 0.3) is 0 Å². The van der Waals surface area contributed by atoms with Gasteiger partial charge in [-0.25, -0.2) is 4.79 Å². The molecule has 0 amide bonds. The van der Waals surface area contributed by atoms with E-state index in [9.17, 15) is 9.59 Å². The number of ether oxygens (including phenoxy) is 1. The molecule has 2 aromatic rings. The lowest BCUT2D eigenvalue weighted by molar-refractivity contribution is -0.142. The van der Waals surface area contributed by atoms with Gasteiger partial charge >= 0.3 is 11.9 Å². The van der Waals surface area contributed by atoms with Crippen LogP contribution in [0.15, 0.2) is 54.6 Å². The van der Waals surface area contributed by atoms with E-state index in [2.05, 4.69) is 0 Å². The van der Waals surface area contributed by atoms with Crippen molar-refractivity contribution in [1.82, 2.24) is 0 Å². The zero-order chi connectivity index (χ0) is 16.9. The fourth-order valence-electron chi connectivity index (χ4n) is 3.22. The van der Waals surface area contributed by atoms with Crippen molar-refractivity contribution >= 4 is 11.9 Å². The monoisotopic (exact) mass is 324 g/mol. The van der Waals surface area contributed by atoms with E-state index in [1.807, 2.05) is 18.2 Å². The van der Waals surface area contributed by atoms with E-state index in [1.54, 1.807) is 36.4 Å². The van der Waals surface area contributed by atoms with Crippen LogP contribution in [0.5, 0.6) is 5.75 Å². The van der Waals surface area contributed by atoms with Gasteiger partial charge in [0.15, 0.2) is 0 Å². The first kappa shape index (κ1) is 16.2. The minimum atomic E-state index is -0.684. The number of rotatable bonds is 4. The van der Waals surface area contributed by atoms with Crippen molar-refractivity contribution in [2.45, 2.75) is 31.6 Å². The van der Waals surface area contributed by atoms with E-state index in [0.717, 1.165) is 25.7 Å². The van der Waals surface area contributed by atoms with Crippen molar-refractivity contribution in [2.75, 3.05) is 0 Å². The highest BCUT2D eigenvalue weighted by atomic mass is 16.5. The number of carbonyl (C=O) groups is 2. The Morgan fingerprint density at radius 2 is 1.50 bits per heavy atom. The Labute approximate surface area is 141 Å². The molecule has 0 bridgehead atoms. The molecule has 0 saturated heterocycles. The number of benzene rings is 2. The number of carboxylic acids is 1. The second-order valence-corrected chi connectivity index (χ2v) is 6.21. The molecule has 1 aliphatic carbocycles. The van der Waals surface area contributed by atoms with Crippen molar-refractivity contribution in [3.8, 4) is 5.75 Å². The molecule has 0 aromatic heterocycles. The second-order valence-electron chi connectivity index (χ2n) is 6.21. The molecule has 3 rings (SSSR count). The summed E-state index contributed by atoms with van der Waals surface area (Å²) in [6.45, 7) is 0. The van der Waals surface area contributed by atoms with Gasteiger partial charge < -0.3 is 9.84 Å². The molecule has 0 heterocycles. The third-order valence-corrected chi connectivity index (χ3v) is 4.65. The first-order chi connectivity index (χ1) is 11.6. The maximum absolute atomic E-state index is 12.0. The SMILES string of the molecule is O=C(Oc1ccc([C@H]2CC[C@H](C(=O)O)CC2)cc1)c1ccccc1. The van der Waals surface area contributed by atoms with Gasteiger partial charge in [0.05, 0.1) is 11.5 Å². The Kier molecular flexibility index (Phi) is 4.94. The van der Waals surface area contributed by atoms with Gasteiger partial charge in [-0.3, -0.25) is 4.79 Å². The summed E-state index contributed by atoms with van der Waals surface area (Å²) in [5.74, 6) is -0.347. The molecule has 4 nitrogen and oxygen atoms in total. The summed E-state index contributed by atoms with van der Waals surface area (Å²) < 4.78 is 5.37. The summed E-state index contributed by atoms with van der Waals surface area (Å²) in [6, 6.07) is 16.4. The van der Waals surface area contributed by atoms with E-state index in [0.29, 0.717) is 17.2 Å². The molecule has 0 atom stereocenters. The molecule has 1 fully saturated rings. The van der Waals surface area contributed by atoms with Gasteiger partial charge in [-0.2, -0.15) is 0 Å². The highest BCUT2D eigenvalue weighted by Gasteiger charge is 2.26. The van der Waals surface area contributed by atoms with E-state index >= 15 is 0 Å². The van der Waals surface area contributed by atoms with Crippen LogP contribution in [-0.2, 0) is 4.79 Å². The molecule has 1 N–H and O–H groups in total. The highest BCUT2D eigenvalue weighted by molar-refractivity contribution is 5.90. The zero-order valence-corrected chi connectivity index (χ0v) is 13.4. The number of aliphatic carboxylic acids is 1. The smallest absolute Gasteiger partial charge is 0.343 e. The molecule has 4 heteroatoms. The highest BCUT2D eigenvalue weighted by Crippen LogP contribution is 2.36. The molecule has 0 spiro atoms. The summed E-state index contributed by atoms with van der Waals surface area (Å²) >= 11 is 0. The fraction of sp³-hybridized carbons (Fsp3) is 0.300. The minimum Gasteiger partial charge on any atom is -0.481 e. The molecule has 1 aliphatic rings. The number of hydrogen-bond acceptors (Lipinski definition) is 3. The van der Waals surface area contributed by atoms with Gasteiger partial charge in [-0.05, 0) is 61.4 Å². The van der Waals surface area contributed by atoms with Crippen LogP contribution in [0.25, 0.3) is 0 Å². The normalized spacial score (nSPS) is 20.3. The lowest BCUT2D eigenvalue weighted by Crippen LogP contribution is -2.20. The second kappa shape index (κ2) is 7.30. The Bertz CT molecular complexity index is 698. The van der Waals surface area contributed by atoms with Gasteiger partial charge in [-0.1, -0.05) is 30.3 Å². The number of carbonyl (C=O) groups excluding carboxylic acids is 1. The van der Waals surface area contributed by atoms with E-state index < -0.39 is 5.97 Å². The lowest BCUT2D eigenvalue weighted by Gasteiger charge is -2.26. The van der Waals surface area contributed by atoms with E-state index in [4.69, 9.17) is 9.84 Å². The average molecular weight is 324 g/mol. The average Bonchev–Trinajstić information content (AvgIpc) is 2.63. The molecule has 0 unspecified atom stereocenters. The molecule has 0 aliphatic heterocycles. The van der Waals surface area contributed by atoms with Crippen LogP contribution in [0.2, 0.25) is 0 Å². The van der Waals surface area contributed by atoms with Crippen LogP contribution in [-0.4, -0.2) is 17.0 Å². The topological polar surface area (TPSA) is 63.6 Å². The van der Waals surface area contributed by atoms with Gasteiger partial charge in [0.2, 0.25) is 0 Å². The summed E-state index contributed by atoms with van der Waals surface area (Å²) in [7, 11) is 0. The first-order valence-electron chi connectivity index (χ1n) is 8.23. The summed E-state index contributed by atoms with van der Waals surface area (Å²) in [6.07, 6.45) is 3.23. The summed E-state index contributed by atoms with van der Waals surface area (Å²) in [5, 5.41) is 9.06. The summed E-state index contributed by atoms with van der Waals surface area (Å²) in [5.41, 5.74) is 1.70. The van der Waals surface area contributed by atoms with Crippen LogP contribution in [0, 0.1) is 5.92 Å². The maximum atomic E-state index is 12.0. The largest absolute Gasteiger partial charge is 0.481 e. The zero-order valence-electron chi connectivity index (χ0n) is 13.4.